The van der Waals surface area contributed by atoms with E-state index in [4.69, 9.17) is 13.9 Å². The van der Waals surface area contributed by atoms with Crippen molar-refractivity contribution >= 4 is 24.0 Å². The van der Waals surface area contributed by atoms with Crippen molar-refractivity contribution in [3.63, 3.8) is 0 Å². The molecule has 0 aromatic heterocycles. The zero-order valence-electron chi connectivity index (χ0n) is 29.2. The van der Waals surface area contributed by atoms with Crippen molar-refractivity contribution in [2.24, 2.45) is 0 Å². The fraction of sp³-hybridized carbons (Fsp3) is 0.368. The van der Waals surface area contributed by atoms with Gasteiger partial charge in [0.2, 0.25) is 10.0 Å². The Balaban J connectivity index is 1.71. The van der Waals surface area contributed by atoms with Gasteiger partial charge in [-0.15, -0.1) is 0 Å². The number of benzene rings is 4. The van der Waals surface area contributed by atoms with Crippen molar-refractivity contribution in [2.45, 2.75) is 70.3 Å². The standard InChI is InChI=1S/C38H47F3N2O5SSi/c1-6-50(7-2,8-3)48-37(31-19-22-36(35(25-31)43-49(5,44)45)47-27-28-13-10-9-11-14-28)26-42-34(30-17-20-33(46-4)21-18-30)24-29-15-12-16-32(23-29)38(39,40)41/h9-23,25,34,37,42-43H,6-8,24,26-27H2,1-5H3. The fourth-order valence-electron chi connectivity index (χ4n) is 5.92. The van der Waals surface area contributed by atoms with Gasteiger partial charge in [0.1, 0.15) is 18.1 Å². The van der Waals surface area contributed by atoms with Gasteiger partial charge in [-0.05, 0) is 77.1 Å². The van der Waals surface area contributed by atoms with E-state index in [-0.39, 0.29) is 19.1 Å². The molecule has 2 unspecified atom stereocenters. The Morgan fingerprint density at radius 1 is 0.800 bits per heavy atom. The van der Waals surface area contributed by atoms with Crippen LogP contribution in [-0.2, 0) is 33.7 Å². The Hall–Kier alpha value is -3.84. The van der Waals surface area contributed by atoms with Crippen LogP contribution in [0.15, 0.2) is 97.1 Å². The molecule has 4 rings (SSSR count). The minimum Gasteiger partial charge on any atom is -0.497 e. The molecule has 2 N–H and O–H groups in total. The third kappa shape index (κ3) is 11.1. The van der Waals surface area contributed by atoms with E-state index in [1.54, 1.807) is 25.3 Å². The van der Waals surface area contributed by atoms with Crippen LogP contribution in [0.2, 0.25) is 18.1 Å². The predicted octanol–water partition coefficient (Wildman–Crippen LogP) is 9.30. The van der Waals surface area contributed by atoms with Crippen LogP contribution >= 0.6 is 0 Å². The molecule has 0 aliphatic carbocycles. The fourth-order valence-corrected chi connectivity index (χ4v) is 9.30. The lowest BCUT2D eigenvalue weighted by molar-refractivity contribution is -0.137. The van der Waals surface area contributed by atoms with Gasteiger partial charge in [-0.3, -0.25) is 4.72 Å². The summed E-state index contributed by atoms with van der Waals surface area (Å²) in [6.45, 7) is 6.96. The zero-order valence-corrected chi connectivity index (χ0v) is 31.0. The van der Waals surface area contributed by atoms with Gasteiger partial charge in [-0.1, -0.05) is 87.5 Å². The summed E-state index contributed by atoms with van der Waals surface area (Å²) in [7, 11) is -4.30. The molecule has 0 spiro atoms. The molecule has 0 saturated carbocycles. The third-order valence-corrected chi connectivity index (χ3v) is 14.2. The summed E-state index contributed by atoms with van der Waals surface area (Å²) >= 11 is 0. The number of anilines is 1. The number of rotatable bonds is 18. The molecule has 0 radical (unpaired) electrons. The second-order valence-corrected chi connectivity index (χ2v) is 18.9. The van der Waals surface area contributed by atoms with Crippen LogP contribution in [0.25, 0.3) is 0 Å². The van der Waals surface area contributed by atoms with Gasteiger partial charge in [0.25, 0.3) is 0 Å². The quantitative estimate of drug-likeness (QED) is 0.0994. The van der Waals surface area contributed by atoms with Gasteiger partial charge >= 0.3 is 6.18 Å². The van der Waals surface area contributed by atoms with Crippen LogP contribution in [0.4, 0.5) is 18.9 Å². The summed E-state index contributed by atoms with van der Waals surface area (Å²) in [5, 5.41) is 3.61. The first-order chi connectivity index (χ1) is 23.8. The first-order valence-electron chi connectivity index (χ1n) is 16.8. The summed E-state index contributed by atoms with van der Waals surface area (Å²) in [4.78, 5) is 0. The number of sulfonamides is 1. The van der Waals surface area contributed by atoms with E-state index < -0.39 is 36.2 Å². The maximum absolute atomic E-state index is 13.6. The van der Waals surface area contributed by atoms with Gasteiger partial charge in [0.05, 0.1) is 30.7 Å². The maximum Gasteiger partial charge on any atom is 0.416 e. The largest absolute Gasteiger partial charge is 0.497 e. The Morgan fingerprint density at radius 3 is 2.04 bits per heavy atom. The molecule has 2 atom stereocenters. The highest BCUT2D eigenvalue weighted by atomic mass is 32.2. The van der Waals surface area contributed by atoms with Crippen molar-refractivity contribution in [3.8, 4) is 11.5 Å². The van der Waals surface area contributed by atoms with E-state index in [9.17, 15) is 21.6 Å². The minimum atomic E-state index is -4.46. The number of hydrogen-bond acceptors (Lipinski definition) is 6. The van der Waals surface area contributed by atoms with E-state index in [0.29, 0.717) is 29.3 Å². The van der Waals surface area contributed by atoms with Gasteiger partial charge < -0.3 is 19.2 Å². The molecular formula is C38H47F3N2O5SSi. The summed E-state index contributed by atoms with van der Waals surface area (Å²) in [6.07, 6.45) is -3.58. The van der Waals surface area contributed by atoms with Gasteiger partial charge in [0.15, 0.2) is 8.32 Å². The third-order valence-electron chi connectivity index (χ3n) is 9.00. The first kappa shape index (κ1) is 39.0. The molecule has 0 fully saturated rings. The van der Waals surface area contributed by atoms with Crippen molar-refractivity contribution in [3.05, 3.63) is 125 Å². The molecular weight excluding hydrogens is 682 g/mol. The number of ether oxygens (including phenoxy) is 2. The Kier molecular flexibility index (Phi) is 13.5. The SMILES string of the molecule is CC[Si](CC)(CC)OC(CNC(Cc1cccc(C(F)(F)F)c1)c1ccc(OC)cc1)c1ccc(OCc2ccccc2)c(NS(C)(=O)=O)c1. The lowest BCUT2D eigenvalue weighted by Gasteiger charge is -2.35. The molecule has 270 valence electrons. The molecule has 0 saturated heterocycles. The van der Waals surface area contributed by atoms with Gasteiger partial charge in [0, 0.05) is 12.6 Å². The number of methoxy groups -OCH3 is 1. The maximum atomic E-state index is 13.6. The molecule has 0 heterocycles. The van der Waals surface area contributed by atoms with Crippen LogP contribution in [0.5, 0.6) is 11.5 Å². The summed E-state index contributed by atoms with van der Waals surface area (Å²) in [5.74, 6) is 1.04. The molecule has 0 aliphatic heterocycles. The molecule has 0 aliphatic rings. The van der Waals surface area contributed by atoms with Gasteiger partial charge in [-0.2, -0.15) is 13.2 Å². The molecule has 4 aromatic rings. The number of hydrogen-bond donors (Lipinski definition) is 2. The van der Waals surface area contributed by atoms with Crippen LogP contribution in [0, 0.1) is 0 Å². The molecule has 12 heteroatoms. The normalized spacial score (nSPS) is 13.4. The predicted molar refractivity (Wildman–Crippen MR) is 196 cm³/mol. The van der Waals surface area contributed by atoms with E-state index in [1.807, 2.05) is 60.7 Å². The average Bonchev–Trinajstić information content (AvgIpc) is 3.10. The Morgan fingerprint density at radius 2 is 1.44 bits per heavy atom. The van der Waals surface area contributed by atoms with Crippen molar-refractivity contribution in [1.82, 2.24) is 5.32 Å². The Labute approximate surface area is 295 Å². The molecule has 50 heavy (non-hydrogen) atoms. The lowest BCUT2D eigenvalue weighted by Crippen LogP contribution is -2.40. The lowest BCUT2D eigenvalue weighted by atomic mass is 9.97. The monoisotopic (exact) mass is 728 g/mol. The second-order valence-electron chi connectivity index (χ2n) is 12.4. The molecule has 4 aromatic carbocycles. The van der Waals surface area contributed by atoms with Crippen molar-refractivity contribution < 1.29 is 35.5 Å². The summed E-state index contributed by atoms with van der Waals surface area (Å²) in [6, 6.07) is 30.1. The number of nitrogens with one attached hydrogen (secondary N) is 2. The second kappa shape index (κ2) is 17.4. The topological polar surface area (TPSA) is 85.9 Å². The minimum absolute atomic E-state index is 0.247. The van der Waals surface area contributed by atoms with Crippen LogP contribution in [-0.4, -0.2) is 36.6 Å². The van der Waals surface area contributed by atoms with E-state index in [2.05, 4.69) is 30.8 Å². The number of alkyl halides is 3. The van der Waals surface area contributed by atoms with Gasteiger partial charge in [-0.25, -0.2) is 8.42 Å². The number of halogens is 3. The average molecular weight is 729 g/mol. The summed E-state index contributed by atoms with van der Waals surface area (Å²) < 4.78 is 86.9. The smallest absolute Gasteiger partial charge is 0.416 e. The zero-order chi connectivity index (χ0) is 36.4. The molecule has 0 bridgehead atoms. The van der Waals surface area contributed by atoms with Crippen LogP contribution < -0.4 is 19.5 Å². The van der Waals surface area contributed by atoms with Crippen molar-refractivity contribution in [2.75, 3.05) is 24.6 Å². The van der Waals surface area contributed by atoms with E-state index in [0.717, 1.165) is 47.1 Å². The summed E-state index contributed by atoms with van der Waals surface area (Å²) in [5.41, 5.74) is 2.68. The molecule has 7 nitrogen and oxygen atoms in total. The first-order valence-corrected chi connectivity index (χ1v) is 21.2. The highest BCUT2D eigenvalue weighted by Gasteiger charge is 2.34. The van der Waals surface area contributed by atoms with Crippen LogP contribution in [0.1, 0.15) is 60.7 Å². The van der Waals surface area contributed by atoms with E-state index in [1.165, 1.54) is 12.1 Å². The Bertz CT molecular complexity index is 1760. The van der Waals surface area contributed by atoms with Crippen LogP contribution in [0.3, 0.4) is 0 Å². The highest BCUT2D eigenvalue weighted by molar-refractivity contribution is 7.92. The van der Waals surface area contributed by atoms with Crippen molar-refractivity contribution in [1.29, 1.82) is 0 Å². The molecule has 0 amide bonds. The highest BCUT2D eigenvalue weighted by Crippen LogP contribution is 2.36. The van der Waals surface area contributed by atoms with E-state index >= 15 is 0 Å².